The smallest absolute Gasteiger partial charge is 0.248 e. The number of nitrogens with one attached hydrogen (secondary N) is 1. The Balaban J connectivity index is 2.22. The number of hydrogen-bond acceptors (Lipinski definition) is 3. The Morgan fingerprint density at radius 1 is 1.47 bits per heavy atom. The summed E-state index contributed by atoms with van der Waals surface area (Å²) in [6.45, 7) is 4.20. The molecule has 1 saturated heterocycles. The molecule has 0 unspecified atom stereocenters. The van der Waals surface area contributed by atoms with E-state index in [0.29, 0.717) is 24.5 Å². The van der Waals surface area contributed by atoms with Crippen LogP contribution in [0.5, 0.6) is 0 Å². The fourth-order valence-electron chi connectivity index (χ4n) is 2.09. The van der Waals surface area contributed by atoms with E-state index < -0.39 is 5.54 Å². The molecule has 1 aliphatic heterocycles. The van der Waals surface area contributed by atoms with Crippen LogP contribution in [0.4, 0.5) is 0 Å². The molecule has 2 rings (SSSR count). The number of amides is 2. The lowest BCUT2D eigenvalue weighted by atomic mass is 10.0. The predicted molar refractivity (Wildman–Crippen MR) is 71.5 cm³/mol. The Labute approximate surface area is 117 Å². The van der Waals surface area contributed by atoms with Gasteiger partial charge in [-0.1, -0.05) is 11.6 Å². The summed E-state index contributed by atoms with van der Waals surface area (Å²) >= 11 is 6.05. The molecule has 102 valence electrons. The third-order valence-electron chi connectivity index (χ3n) is 3.10. The quantitative estimate of drug-likeness (QED) is 0.890. The molecule has 1 aromatic rings. The first-order valence-corrected chi connectivity index (χ1v) is 6.47. The molecule has 0 aromatic carbocycles. The van der Waals surface area contributed by atoms with Crippen LogP contribution in [0.15, 0.2) is 18.5 Å². The summed E-state index contributed by atoms with van der Waals surface area (Å²) in [6.07, 6.45) is 3.49. The number of hydrogen-bond donors (Lipinski definition) is 1. The van der Waals surface area contributed by atoms with Crippen molar-refractivity contribution in [3.8, 4) is 0 Å². The highest BCUT2D eigenvalue weighted by molar-refractivity contribution is 6.31. The minimum absolute atomic E-state index is 0.105. The first-order chi connectivity index (χ1) is 8.90. The van der Waals surface area contributed by atoms with Gasteiger partial charge in [0.25, 0.3) is 0 Å². The maximum Gasteiger partial charge on any atom is 0.248 e. The molecule has 6 heteroatoms. The van der Waals surface area contributed by atoms with Crippen molar-refractivity contribution in [2.24, 2.45) is 0 Å². The second-order valence-electron chi connectivity index (χ2n) is 5.12. The number of aromatic nitrogens is 1. The summed E-state index contributed by atoms with van der Waals surface area (Å²) in [7, 11) is 0. The van der Waals surface area contributed by atoms with Crippen LogP contribution in [-0.4, -0.2) is 33.8 Å². The van der Waals surface area contributed by atoms with Gasteiger partial charge in [0, 0.05) is 31.9 Å². The molecule has 2 heterocycles. The largest absolute Gasteiger partial charge is 0.342 e. The number of rotatable bonds is 2. The molecule has 5 nitrogen and oxygen atoms in total. The van der Waals surface area contributed by atoms with E-state index in [1.165, 1.54) is 0 Å². The standard InChI is InChI=1S/C13H16ClN3O2/c1-13(2)12(19)17(6-4-11(18)16-13)8-9-3-5-15-7-10(9)14/h3,5,7H,4,6,8H2,1-2H3,(H,16,18). The molecule has 0 spiro atoms. The molecule has 1 fully saturated rings. The van der Waals surface area contributed by atoms with Crippen molar-refractivity contribution in [3.63, 3.8) is 0 Å². The summed E-state index contributed by atoms with van der Waals surface area (Å²) in [5.74, 6) is -0.215. The fraction of sp³-hybridized carbons (Fsp3) is 0.462. The molecule has 2 amide bonds. The van der Waals surface area contributed by atoms with Crippen LogP contribution in [0, 0.1) is 0 Å². The van der Waals surface area contributed by atoms with E-state index in [-0.39, 0.29) is 11.8 Å². The monoisotopic (exact) mass is 281 g/mol. The summed E-state index contributed by atoms with van der Waals surface area (Å²) in [4.78, 5) is 29.5. The number of pyridine rings is 1. The Kier molecular flexibility index (Phi) is 3.75. The van der Waals surface area contributed by atoms with Gasteiger partial charge in [0.2, 0.25) is 11.8 Å². The fourth-order valence-corrected chi connectivity index (χ4v) is 2.27. The number of carbonyl (C=O) groups is 2. The van der Waals surface area contributed by atoms with Crippen molar-refractivity contribution in [1.29, 1.82) is 0 Å². The highest BCUT2D eigenvalue weighted by Gasteiger charge is 2.36. The van der Waals surface area contributed by atoms with Crippen LogP contribution in [0.1, 0.15) is 25.8 Å². The van der Waals surface area contributed by atoms with Gasteiger partial charge >= 0.3 is 0 Å². The lowest BCUT2D eigenvalue weighted by molar-refractivity contribution is -0.137. The Bertz CT molecular complexity index is 516. The highest BCUT2D eigenvalue weighted by atomic mass is 35.5. The zero-order valence-electron chi connectivity index (χ0n) is 10.9. The molecule has 1 aliphatic rings. The summed E-state index contributed by atoms with van der Waals surface area (Å²) in [5.41, 5.74) is -0.0530. The van der Waals surface area contributed by atoms with Crippen LogP contribution < -0.4 is 5.32 Å². The van der Waals surface area contributed by atoms with Gasteiger partial charge in [0.15, 0.2) is 0 Å². The minimum Gasteiger partial charge on any atom is -0.342 e. The van der Waals surface area contributed by atoms with Crippen LogP contribution in [0.3, 0.4) is 0 Å². The van der Waals surface area contributed by atoms with Gasteiger partial charge in [-0.05, 0) is 25.5 Å². The second-order valence-corrected chi connectivity index (χ2v) is 5.52. The lowest BCUT2D eigenvalue weighted by Gasteiger charge is -2.29. The first-order valence-electron chi connectivity index (χ1n) is 6.09. The van der Waals surface area contributed by atoms with Crippen molar-refractivity contribution < 1.29 is 9.59 Å². The lowest BCUT2D eigenvalue weighted by Crippen LogP contribution is -2.52. The van der Waals surface area contributed by atoms with E-state index in [1.54, 1.807) is 37.2 Å². The molecule has 1 aromatic heterocycles. The summed E-state index contributed by atoms with van der Waals surface area (Å²) in [5, 5.41) is 3.25. The average molecular weight is 282 g/mol. The van der Waals surface area contributed by atoms with Crippen LogP contribution in [0.25, 0.3) is 0 Å². The van der Waals surface area contributed by atoms with Crippen molar-refractivity contribution in [2.75, 3.05) is 6.54 Å². The van der Waals surface area contributed by atoms with Gasteiger partial charge in [-0.15, -0.1) is 0 Å². The third-order valence-corrected chi connectivity index (χ3v) is 3.44. The van der Waals surface area contributed by atoms with Crippen molar-refractivity contribution in [3.05, 3.63) is 29.0 Å². The maximum atomic E-state index is 12.4. The van der Waals surface area contributed by atoms with Crippen molar-refractivity contribution in [2.45, 2.75) is 32.4 Å². The van der Waals surface area contributed by atoms with Crippen LogP contribution in [0.2, 0.25) is 5.02 Å². The van der Waals surface area contributed by atoms with Crippen LogP contribution >= 0.6 is 11.6 Å². The first kappa shape index (κ1) is 13.8. The third kappa shape index (κ3) is 3.04. The zero-order valence-corrected chi connectivity index (χ0v) is 11.7. The topological polar surface area (TPSA) is 62.3 Å². The van der Waals surface area contributed by atoms with Gasteiger partial charge in [-0.2, -0.15) is 0 Å². The molecular formula is C13H16ClN3O2. The van der Waals surface area contributed by atoms with Crippen molar-refractivity contribution in [1.82, 2.24) is 15.2 Å². The Morgan fingerprint density at radius 2 is 2.21 bits per heavy atom. The van der Waals surface area contributed by atoms with E-state index in [0.717, 1.165) is 5.56 Å². The number of carbonyl (C=O) groups excluding carboxylic acids is 2. The van der Waals surface area contributed by atoms with Gasteiger partial charge in [0.05, 0.1) is 5.02 Å². The van der Waals surface area contributed by atoms with Gasteiger partial charge < -0.3 is 10.2 Å². The number of halogens is 1. The summed E-state index contributed by atoms with van der Waals surface area (Å²) in [6, 6.07) is 1.78. The van der Waals surface area contributed by atoms with Gasteiger partial charge in [-0.3, -0.25) is 14.6 Å². The number of nitrogens with zero attached hydrogens (tertiary/aromatic N) is 2. The Hall–Kier alpha value is -1.62. The van der Waals surface area contributed by atoms with E-state index in [2.05, 4.69) is 10.3 Å². The predicted octanol–water partition coefficient (Wildman–Crippen LogP) is 1.36. The zero-order chi connectivity index (χ0) is 14.0. The SMILES string of the molecule is CC1(C)NC(=O)CCN(Cc2ccncc2Cl)C1=O. The molecular weight excluding hydrogens is 266 g/mol. The van der Waals surface area contributed by atoms with E-state index in [9.17, 15) is 9.59 Å². The van der Waals surface area contributed by atoms with E-state index in [1.807, 2.05) is 0 Å². The maximum absolute atomic E-state index is 12.4. The molecule has 1 N–H and O–H groups in total. The Morgan fingerprint density at radius 3 is 2.89 bits per heavy atom. The average Bonchev–Trinajstić information content (AvgIpc) is 2.43. The molecule has 19 heavy (non-hydrogen) atoms. The minimum atomic E-state index is -0.882. The molecule has 0 atom stereocenters. The van der Waals surface area contributed by atoms with Crippen molar-refractivity contribution >= 4 is 23.4 Å². The second kappa shape index (κ2) is 5.17. The molecule has 0 bridgehead atoms. The normalized spacial score (nSPS) is 19.0. The van der Waals surface area contributed by atoms with Gasteiger partial charge in [0.1, 0.15) is 5.54 Å². The molecule has 0 saturated carbocycles. The molecule has 0 aliphatic carbocycles. The van der Waals surface area contributed by atoms with Gasteiger partial charge in [-0.25, -0.2) is 0 Å². The van der Waals surface area contributed by atoms with Crippen LogP contribution in [-0.2, 0) is 16.1 Å². The summed E-state index contributed by atoms with van der Waals surface area (Å²) < 4.78 is 0. The van der Waals surface area contributed by atoms with E-state index >= 15 is 0 Å². The molecule has 0 radical (unpaired) electrons. The van der Waals surface area contributed by atoms with E-state index in [4.69, 9.17) is 11.6 Å². The highest BCUT2D eigenvalue weighted by Crippen LogP contribution is 2.20.